The molecule has 2 atom stereocenters. The van der Waals surface area contributed by atoms with Gasteiger partial charge in [-0.2, -0.15) is 0 Å². The summed E-state index contributed by atoms with van der Waals surface area (Å²) in [5.74, 6) is -0.640. The predicted octanol–water partition coefficient (Wildman–Crippen LogP) is 4.01. The summed E-state index contributed by atoms with van der Waals surface area (Å²) in [7, 11) is 0. The molecule has 6 nitrogen and oxygen atoms in total. The van der Waals surface area contributed by atoms with Gasteiger partial charge in [-0.05, 0) is 38.3 Å². The van der Waals surface area contributed by atoms with Crippen LogP contribution in [0.1, 0.15) is 50.8 Å². The Morgan fingerprint density at radius 2 is 1.67 bits per heavy atom. The molecule has 2 aromatic carbocycles. The van der Waals surface area contributed by atoms with Crippen LogP contribution >= 0.6 is 0 Å². The lowest BCUT2D eigenvalue weighted by Crippen LogP contribution is -2.51. The number of carbonyl (C=O) groups excluding carboxylic acids is 3. The Morgan fingerprint density at radius 1 is 1.07 bits per heavy atom. The molecule has 1 heterocycles. The van der Waals surface area contributed by atoms with Gasteiger partial charge in [0.25, 0.3) is 5.91 Å². The first-order valence-electron chi connectivity index (χ1n) is 10.2. The summed E-state index contributed by atoms with van der Waals surface area (Å²) in [4.78, 5) is 39.8. The Kier molecular flexibility index (Phi) is 6.55. The highest BCUT2D eigenvalue weighted by atomic mass is 16.6. The number of rotatable bonds is 5. The highest BCUT2D eigenvalue weighted by Gasteiger charge is 2.40. The molecule has 0 radical (unpaired) electrons. The number of nitrogens with zero attached hydrogens (tertiary/aromatic N) is 1. The van der Waals surface area contributed by atoms with Gasteiger partial charge in [-0.15, -0.1) is 0 Å². The van der Waals surface area contributed by atoms with Crippen LogP contribution in [0, 0.1) is 0 Å². The van der Waals surface area contributed by atoms with Crippen molar-refractivity contribution in [1.29, 1.82) is 0 Å². The van der Waals surface area contributed by atoms with Gasteiger partial charge in [-0.1, -0.05) is 60.7 Å². The van der Waals surface area contributed by atoms with Gasteiger partial charge in [-0.3, -0.25) is 14.5 Å². The van der Waals surface area contributed by atoms with Crippen molar-refractivity contribution in [2.45, 2.75) is 57.7 Å². The van der Waals surface area contributed by atoms with E-state index in [0.717, 1.165) is 11.1 Å². The third-order valence-corrected chi connectivity index (χ3v) is 4.91. The molecule has 0 aromatic heterocycles. The van der Waals surface area contributed by atoms with Crippen molar-refractivity contribution in [3.8, 4) is 0 Å². The molecule has 1 saturated heterocycles. The van der Waals surface area contributed by atoms with Crippen LogP contribution in [0.25, 0.3) is 0 Å². The molecule has 0 aliphatic carbocycles. The van der Waals surface area contributed by atoms with Gasteiger partial charge in [0, 0.05) is 12.8 Å². The first kappa shape index (κ1) is 21.6. The van der Waals surface area contributed by atoms with Gasteiger partial charge >= 0.3 is 6.09 Å². The van der Waals surface area contributed by atoms with E-state index in [2.05, 4.69) is 5.32 Å². The second-order valence-corrected chi connectivity index (χ2v) is 8.46. The van der Waals surface area contributed by atoms with Crippen molar-refractivity contribution >= 4 is 17.9 Å². The summed E-state index contributed by atoms with van der Waals surface area (Å²) in [5.41, 5.74) is 1.10. The zero-order chi connectivity index (χ0) is 21.7. The van der Waals surface area contributed by atoms with Crippen LogP contribution in [0.3, 0.4) is 0 Å². The number of likely N-dealkylation sites (tertiary alicyclic amines) is 1. The van der Waals surface area contributed by atoms with Gasteiger partial charge in [0.15, 0.2) is 0 Å². The lowest BCUT2D eigenvalue weighted by atomic mass is 10.0. The van der Waals surface area contributed by atoms with Crippen LogP contribution in [0.2, 0.25) is 0 Å². The normalized spacial score (nSPS) is 17.5. The van der Waals surface area contributed by atoms with E-state index in [-0.39, 0.29) is 18.4 Å². The number of alkyl carbamates (subject to hydrolysis) is 1. The Balaban J connectivity index is 1.86. The van der Waals surface area contributed by atoms with Crippen LogP contribution in [-0.4, -0.2) is 34.5 Å². The van der Waals surface area contributed by atoms with E-state index in [1.807, 2.05) is 60.7 Å². The van der Waals surface area contributed by atoms with Crippen molar-refractivity contribution in [3.63, 3.8) is 0 Å². The number of imide groups is 1. The lowest BCUT2D eigenvalue weighted by Gasteiger charge is -2.29. The topological polar surface area (TPSA) is 75.7 Å². The molecule has 1 N–H and O–H groups in total. The molecule has 1 aliphatic rings. The summed E-state index contributed by atoms with van der Waals surface area (Å²) < 4.78 is 5.35. The Bertz CT molecular complexity index is 890. The number of benzene rings is 2. The molecule has 3 amide bonds. The molecule has 6 heteroatoms. The molecule has 0 spiro atoms. The molecule has 3 rings (SSSR count). The van der Waals surface area contributed by atoms with Gasteiger partial charge < -0.3 is 10.1 Å². The number of hydrogen-bond acceptors (Lipinski definition) is 4. The maximum absolute atomic E-state index is 13.5. The average Bonchev–Trinajstić information content (AvgIpc) is 3.08. The number of amides is 3. The number of ether oxygens (including phenoxy) is 1. The van der Waals surface area contributed by atoms with E-state index in [0.29, 0.717) is 12.8 Å². The average molecular weight is 408 g/mol. The molecular formula is C24H28N2O4. The first-order valence-corrected chi connectivity index (χ1v) is 10.2. The molecule has 1 aliphatic heterocycles. The van der Waals surface area contributed by atoms with Gasteiger partial charge in [0.05, 0.1) is 6.04 Å². The Morgan fingerprint density at radius 3 is 2.27 bits per heavy atom. The standard InChI is InChI=1S/C24H28N2O4/c1-24(2,3)30-23(29)25-19(16-17-10-6-4-7-11-17)22(28)26-20(14-15-21(26)27)18-12-8-5-9-13-18/h4-13,19-20H,14-16H2,1-3H3,(H,25,29). The van der Waals surface area contributed by atoms with Crippen molar-refractivity contribution in [3.05, 3.63) is 71.8 Å². The fourth-order valence-electron chi connectivity index (χ4n) is 3.62. The predicted molar refractivity (Wildman–Crippen MR) is 114 cm³/mol. The maximum Gasteiger partial charge on any atom is 0.408 e. The Labute approximate surface area is 177 Å². The summed E-state index contributed by atoms with van der Waals surface area (Å²) in [5, 5.41) is 2.69. The SMILES string of the molecule is CC(C)(C)OC(=O)NC(Cc1ccccc1)C(=O)N1C(=O)CCC1c1ccccc1. The summed E-state index contributed by atoms with van der Waals surface area (Å²) >= 11 is 0. The Hall–Kier alpha value is -3.15. The van der Waals surface area contributed by atoms with Crippen LogP contribution < -0.4 is 5.32 Å². The highest BCUT2D eigenvalue weighted by Crippen LogP contribution is 2.33. The summed E-state index contributed by atoms with van der Waals surface area (Å²) in [6, 6.07) is 17.7. The molecule has 2 unspecified atom stereocenters. The lowest BCUT2D eigenvalue weighted by molar-refractivity contribution is -0.145. The maximum atomic E-state index is 13.5. The van der Waals surface area contributed by atoms with Crippen molar-refractivity contribution < 1.29 is 19.1 Å². The minimum Gasteiger partial charge on any atom is -0.444 e. The van der Waals surface area contributed by atoms with E-state index in [4.69, 9.17) is 4.74 Å². The number of nitrogens with one attached hydrogen (secondary N) is 1. The van der Waals surface area contributed by atoms with Crippen LogP contribution in [0.5, 0.6) is 0 Å². The first-order chi connectivity index (χ1) is 14.2. The van der Waals surface area contributed by atoms with Crippen molar-refractivity contribution in [2.75, 3.05) is 0 Å². The number of hydrogen-bond donors (Lipinski definition) is 1. The molecule has 30 heavy (non-hydrogen) atoms. The highest BCUT2D eigenvalue weighted by molar-refractivity contribution is 6.00. The second-order valence-electron chi connectivity index (χ2n) is 8.46. The monoisotopic (exact) mass is 408 g/mol. The van der Waals surface area contributed by atoms with Gasteiger partial charge in [0.1, 0.15) is 11.6 Å². The molecule has 158 valence electrons. The van der Waals surface area contributed by atoms with E-state index in [9.17, 15) is 14.4 Å². The fraction of sp³-hybridized carbons (Fsp3) is 0.375. The zero-order valence-electron chi connectivity index (χ0n) is 17.6. The quantitative estimate of drug-likeness (QED) is 0.811. The number of carbonyl (C=O) groups is 3. The van der Waals surface area contributed by atoms with Gasteiger partial charge in [-0.25, -0.2) is 4.79 Å². The van der Waals surface area contributed by atoms with Crippen molar-refractivity contribution in [2.24, 2.45) is 0 Å². The minimum atomic E-state index is -0.907. The zero-order valence-corrected chi connectivity index (χ0v) is 17.6. The molecule has 1 fully saturated rings. The van der Waals surface area contributed by atoms with Crippen LogP contribution in [0.4, 0.5) is 4.79 Å². The third-order valence-electron chi connectivity index (χ3n) is 4.91. The fourth-order valence-corrected chi connectivity index (χ4v) is 3.62. The summed E-state index contributed by atoms with van der Waals surface area (Å²) in [6.07, 6.45) is 0.457. The largest absolute Gasteiger partial charge is 0.444 e. The van der Waals surface area contributed by atoms with Crippen LogP contribution in [-0.2, 0) is 20.7 Å². The molecular weight excluding hydrogens is 380 g/mol. The second kappa shape index (κ2) is 9.11. The van der Waals surface area contributed by atoms with Gasteiger partial charge in [0.2, 0.25) is 5.91 Å². The minimum absolute atomic E-state index is 0.224. The van der Waals surface area contributed by atoms with E-state index in [1.165, 1.54) is 4.90 Å². The summed E-state index contributed by atoms with van der Waals surface area (Å²) in [6.45, 7) is 5.28. The third kappa shape index (κ3) is 5.47. The van der Waals surface area contributed by atoms with Crippen molar-refractivity contribution in [1.82, 2.24) is 10.2 Å². The van der Waals surface area contributed by atoms with Crippen LogP contribution in [0.15, 0.2) is 60.7 Å². The molecule has 0 saturated carbocycles. The van der Waals surface area contributed by atoms with E-state index >= 15 is 0 Å². The molecule has 0 bridgehead atoms. The van der Waals surface area contributed by atoms with E-state index in [1.54, 1.807) is 20.8 Å². The smallest absolute Gasteiger partial charge is 0.408 e. The molecule has 2 aromatic rings. The van der Waals surface area contributed by atoms with E-state index < -0.39 is 23.6 Å².